The molecule has 1 saturated heterocycles. The first-order chi connectivity index (χ1) is 9.49. The summed E-state index contributed by atoms with van der Waals surface area (Å²) in [5.41, 5.74) is 3.23. The summed E-state index contributed by atoms with van der Waals surface area (Å²) in [7, 11) is 3.22. The minimum atomic E-state index is -0.753. The lowest BCUT2D eigenvalue weighted by Gasteiger charge is -2.21. The third-order valence-electron chi connectivity index (χ3n) is 4.06. The minimum absolute atomic E-state index is 0.0140. The van der Waals surface area contributed by atoms with Crippen molar-refractivity contribution in [1.29, 1.82) is 0 Å². The maximum Gasteiger partial charge on any atom is 0.307 e. The number of aliphatic carboxylic acids is 1. The van der Waals surface area contributed by atoms with E-state index in [4.69, 9.17) is 14.6 Å². The van der Waals surface area contributed by atoms with Crippen molar-refractivity contribution in [2.45, 2.75) is 26.3 Å². The van der Waals surface area contributed by atoms with E-state index < -0.39 is 5.97 Å². The summed E-state index contributed by atoms with van der Waals surface area (Å²) in [6.45, 7) is 4.53. The van der Waals surface area contributed by atoms with Crippen molar-refractivity contribution in [3.63, 3.8) is 0 Å². The molecule has 0 bridgehead atoms. The van der Waals surface area contributed by atoms with Crippen molar-refractivity contribution in [3.8, 4) is 11.5 Å². The SMILES string of the molecule is COc1cc(C)c(C)c(C2CC(C(=O)O)CN2)c1OC. The fraction of sp³-hybridized carbons (Fsp3) is 0.533. The van der Waals surface area contributed by atoms with Crippen molar-refractivity contribution in [1.82, 2.24) is 5.32 Å². The van der Waals surface area contributed by atoms with Gasteiger partial charge in [0.2, 0.25) is 0 Å². The molecule has 2 rings (SSSR count). The molecular formula is C15H21NO4. The first-order valence-electron chi connectivity index (χ1n) is 6.67. The number of hydrogen-bond donors (Lipinski definition) is 2. The summed E-state index contributed by atoms with van der Waals surface area (Å²) >= 11 is 0. The molecule has 1 aliphatic heterocycles. The normalized spacial score (nSPS) is 21.8. The van der Waals surface area contributed by atoms with E-state index in [0.29, 0.717) is 24.5 Å². The largest absolute Gasteiger partial charge is 0.493 e. The van der Waals surface area contributed by atoms with Crippen LogP contribution in [0.4, 0.5) is 0 Å². The molecule has 5 heteroatoms. The van der Waals surface area contributed by atoms with Crippen molar-refractivity contribution in [2.24, 2.45) is 5.92 Å². The van der Waals surface area contributed by atoms with E-state index in [-0.39, 0.29) is 12.0 Å². The number of benzene rings is 1. The molecule has 2 unspecified atom stereocenters. The zero-order valence-electron chi connectivity index (χ0n) is 12.3. The van der Waals surface area contributed by atoms with Crippen LogP contribution in [0.15, 0.2) is 6.07 Å². The van der Waals surface area contributed by atoms with Crippen LogP contribution in [0.1, 0.15) is 29.2 Å². The van der Waals surface area contributed by atoms with E-state index in [9.17, 15) is 4.79 Å². The number of hydrogen-bond acceptors (Lipinski definition) is 4. The van der Waals surface area contributed by atoms with Gasteiger partial charge in [-0.1, -0.05) is 0 Å². The third-order valence-corrected chi connectivity index (χ3v) is 4.06. The standard InChI is InChI=1S/C15H21NO4/c1-8-5-12(19-3)14(20-4)13(9(8)2)11-6-10(7-16-11)15(17)18/h5,10-11,16H,6-7H2,1-4H3,(H,17,18). The summed E-state index contributed by atoms with van der Waals surface area (Å²) in [4.78, 5) is 11.1. The Kier molecular flexibility index (Phi) is 4.18. The number of methoxy groups -OCH3 is 2. The molecule has 110 valence electrons. The van der Waals surface area contributed by atoms with Gasteiger partial charge in [-0.15, -0.1) is 0 Å². The number of nitrogens with one attached hydrogen (secondary N) is 1. The van der Waals surface area contributed by atoms with Crippen LogP contribution in [0, 0.1) is 19.8 Å². The summed E-state index contributed by atoms with van der Waals surface area (Å²) < 4.78 is 10.9. The second-order valence-corrected chi connectivity index (χ2v) is 5.20. The monoisotopic (exact) mass is 279 g/mol. The van der Waals surface area contributed by atoms with Gasteiger partial charge in [0.1, 0.15) is 0 Å². The van der Waals surface area contributed by atoms with E-state index in [2.05, 4.69) is 5.32 Å². The molecule has 1 aromatic carbocycles. The predicted octanol–water partition coefficient (Wildman–Crippen LogP) is 2.06. The van der Waals surface area contributed by atoms with E-state index >= 15 is 0 Å². The molecular weight excluding hydrogens is 258 g/mol. The predicted molar refractivity (Wildman–Crippen MR) is 75.5 cm³/mol. The molecule has 0 aromatic heterocycles. The van der Waals surface area contributed by atoms with Gasteiger partial charge in [-0.05, 0) is 37.5 Å². The molecule has 20 heavy (non-hydrogen) atoms. The van der Waals surface area contributed by atoms with Gasteiger partial charge in [-0.3, -0.25) is 4.79 Å². The Hall–Kier alpha value is -1.75. The molecule has 0 aliphatic carbocycles. The molecule has 0 radical (unpaired) electrons. The lowest BCUT2D eigenvalue weighted by molar-refractivity contribution is -0.141. The van der Waals surface area contributed by atoms with Gasteiger partial charge in [-0.2, -0.15) is 0 Å². The van der Waals surface area contributed by atoms with Crippen molar-refractivity contribution >= 4 is 5.97 Å². The first-order valence-corrected chi connectivity index (χ1v) is 6.67. The number of ether oxygens (including phenoxy) is 2. The van der Waals surface area contributed by atoms with Gasteiger partial charge < -0.3 is 19.9 Å². The third kappa shape index (κ3) is 2.45. The van der Waals surface area contributed by atoms with E-state index in [1.807, 2.05) is 19.9 Å². The molecule has 2 atom stereocenters. The highest BCUT2D eigenvalue weighted by Gasteiger charge is 2.33. The van der Waals surface area contributed by atoms with Crippen molar-refractivity contribution < 1.29 is 19.4 Å². The Morgan fingerprint density at radius 1 is 1.35 bits per heavy atom. The smallest absolute Gasteiger partial charge is 0.307 e. The Bertz CT molecular complexity index is 527. The zero-order chi connectivity index (χ0) is 14.9. The van der Waals surface area contributed by atoms with E-state index in [0.717, 1.165) is 16.7 Å². The molecule has 0 amide bonds. The van der Waals surface area contributed by atoms with Crippen LogP contribution >= 0.6 is 0 Å². The fourth-order valence-corrected chi connectivity index (χ4v) is 2.81. The van der Waals surface area contributed by atoms with Crippen LogP contribution < -0.4 is 14.8 Å². The van der Waals surface area contributed by atoms with Crippen LogP contribution in [0.25, 0.3) is 0 Å². The fourth-order valence-electron chi connectivity index (χ4n) is 2.81. The zero-order valence-corrected chi connectivity index (χ0v) is 12.3. The van der Waals surface area contributed by atoms with Gasteiger partial charge >= 0.3 is 5.97 Å². The van der Waals surface area contributed by atoms with E-state index in [1.54, 1.807) is 14.2 Å². The number of aryl methyl sites for hydroxylation is 1. The molecule has 1 fully saturated rings. The van der Waals surface area contributed by atoms with Crippen LogP contribution in [-0.2, 0) is 4.79 Å². The Morgan fingerprint density at radius 2 is 2.05 bits per heavy atom. The second-order valence-electron chi connectivity index (χ2n) is 5.20. The summed E-state index contributed by atoms with van der Waals surface area (Å²) in [6, 6.07) is 1.93. The van der Waals surface area contributed by atoms with Crippen molar-refractivity contribution in [3.05, 3.63) is 22.8 Å². The molecule has 5 nitrogen and oxygen atoms in total. The molecule has 2 N–H and O–H groups in total. The van der Waals surface area contributed by atoms with Crippen LogP contribution in [-0.4, -0.2) is 31.8 Å². The lowest BCUT2D eigenvalue weighted by Crippen LogP contribution is -2.18. The van der Waals surface area contributed by atoms with Crippen molar-refractivity contribution in [2.75, 3.05) is 20.8 Å². The summed E-state index contributed by atoms with van der Waals surface area (Å²) in [5.74, 6) is 0.275. The number of carboxylic acids is 1. The average molecular weight is 279 g/mol. The van der Waals surface area contributed by atoms with E-state index in [1.165, 1.54) is 0 Å². The highest BCUT2D eigenvalue weighted by atomic mass is 16.5. The Labute approximate surface area is 118 Å². The maximum atomic E-state index is 11.1. The molecule has 1 aliphatic rings. The van der Waals surface area contributed by atoms with Gasteiger partial charge in [-0.25, -0.2) is 0 Å². The van der Waals surface area contributed by atoms with Gasteiger partial charge in [0.25, 0.3) is 0 Å². The highest BCUT2D eigenvalue weighted by molar-refractivity contribution is 5.71. The lowest BCUT2D eigenvalue weighted by atomic mass is 9.92. The van der Waals surface area contributed by atoms with Gasteiger partial charge in [0, 0.05) is 18.2 Å². The molecule has 0 spiro atoms. The Morgan fingerprint density at radius 3 is 2.55 bits per heavy atom. The van der Waals surface area contributed by atoms with Crippen LogP contribution in [0.5, 0.6) is 11.5 Å². The van der Waals surface area contributed by atoms with Gasteiger partial charge in [0.15, 0.2) is 11.5 Å². The maximum absolute atomic E-state index is 11.1. The number of carbonyl (C=O) groups is 1. The number of carboxylic acid groups (broad SMARTS) is 1. The summed E-state index contributed by atoms with van der Waals surface area (Å²) in [6.07, 6.45) is 0.569. The molecule has 0 saturated carbocycles. The molecule has 1 aromatic rings. The van der Waals surface area contributed by atoms with Crippen LogP contribution in [0.2, 0.25) is 0 Å². The Balaban J connectivity index is 2.45. The minimum Gasteiger partial charge on any atom is -0.493 e. The topological polar surface area (TPSA) is 67.8 Å². The van der Waals surface area contributed by atoms with Gasteiger partial charge in [0.05, 0.1) is 20.1 Å². The highest BCUT2D eigenvalue weighted by Crippen LogP contribution is 2.42. The first kappa shape index (κ1) is 14.7. The quantitative estimate of drug-likeness (QED) is 0.883. The van der Waals surface area contributed by atoms with Crippen LogP contribution in [0.3, 0.4) is 0 Å². The number of rotatable bonds is 4. The second kappa shape index (κ2) is 5.71. The molecule has 1 heterocycles. The average Bonchev–Trinajstić information content (AvgIpc) is 2.90. The summed E-state index contributed by atoms with van der Waals surface area (Å²) in [5, 5.41) is 12.4.